The molecule has 0 aliphatic heterocycles. The minimum absolute atomic E-state index is 0.0958. The lowest BCUT2D eigenvalue weighted by Gasteiger charge is -2.08. The average molecular weight is 273 g/mol. The van der Waals surface area contributed by atoms with Gasteiger partial charge in [-0.3, -0.25) is 4.99 Å². The molecule has 2 aromatic heterocycles. The molecule has 0 fully saturated rings. The number of aromatic amines is 1. The van der Waals surface area contributed by atoms with Crippen molar-refractivity contribution in [2.75, 3.05) is 6.61 Å². The van der Waals surface area contributed by atoms with E-state index >= 15 is 0 Å². The molecule has 6 heteroatoms. The summed E-state index contributed by atoms with van der Waals surface area (Å²) in [6.07, 6.45) is 8.04. The largest absolute Gasteiger partial charge is 0.404 e. The van der Waals surface area contributed by atoms with Crippen molar-refractivity contribution < 1.29 is 5.11 Å². The highest BCUT2D eigenvalue weighted by molar-refractivity contribution is 6.13. The van der Waals surface area contributed by atoms with Crippen LogP contribution in [0.5, 0.6) is 0 Å². The van der Waals surface area contributed by atoms with E-state index in [0.717, 1.165) is 28.7 Å². The van der Waals surface area contributed by atoms with Crippen molar-refractivity contribution in [2.24, 2.45) is 10.7 Å². The molecule has 6 nitrogen and oxygen atoms in total. The van der Waals surface area contributed by atoms with Crippen LogP contribution < -0.4 is 5.73 Å². The normalized spacial score (nSPS) is 14.2. The molecule has 0 aliphatic carbocycles. The molecule has 0 saturated carbocycles. The van der Waals surface area contributed by atoms with Crippen LogP contribution in [0.2, 0.25) is 0 Å². The smallest absolute Gasteiger partial charge is 0.141 e. The number of aliphatic imine (C=N–C) groups is 1. The fourth-order valence-electron chi connectivity index (χ4n) is 2.00. The Morgan fingerprint density at radius 3 is 3.10 bits per heavy atom. The van der Waals surface area contributed by atoms with Crippen LogP contribution in [0, 0.1) is 0 Å². The van der Waals surface area contributed by atoms with Gasteiger partial charge in [-0.05, 0) is 18.9 Å². The Morgan fingerprint density at radius 1 is 1.55 bits per heavy atom. The van der Waals surface area contributed by atoms with E-state index in [1.54, 1.807) is 6.21 Å². The molecule has 2 aromatic rings. The first-order valence-electron chi connectivity index (χ1n) is 6.64. The monoisotopic (exact) mass is 273 g/mol. The summed E-state index contributed by atoms with van der Waals surface area (Å²) >= 11 is 0. The minimum Gasteiger partial charge on any atom is -0.404 e. The van der Waals surface area contributed by atoms with Gasteiger partial charge in [0, 0.05) is 36.2 Å². The Balaban J connectivity index is 2.29. The lowest BCUT2D eigenvalue weighted by Crippen LogP contribution is -2.06. The predicted octanol–water partition coefficient (Wildman–Crippen LogP) is 1.49. The summed E-state index contributed by atoms with van der Waals surface area (Å²) in [4.78, 5) is 15.9. The SMILES string of the molecule is CCC(CCO)N=CC(=CN)c1ncnc2[nH]ccc12. The van der Waals surface area contributed by atoms with Crippen molar-refractivity contribution in [3.63, 3.8) is 0 Å². The third-order valence-electron chi connectivity index (χ3n) is 3.16. The Morgan fingerprint density at radius 2 is 2.40 bits per heavy atom. The van der Waals surface area contributed by atoms with E-state index in [0.29, 0.717) is 6.42 Å². The van der Waals surface area contributed by atoms with Gasteiger partial charge in [-0.15, -0.1) is 0 Å². The fraction of sp³-hybridized carbons (Fsp3) is 0.357. The highest BCUT2D eigenvalue weighted by atomic mass is 16.3. The Labute approximate surface area is 117 Å². The zero-order chi connectivity index (χ0) is 14.4. The van der Waals surface area contributed by atoms with Crippen LogP contribution in [0.3, 0.4) is 0 Å². The molecule has 2 heterocycles. The quantitative estimate of drug-likeness (QED) is 0.694. The molecule has 0 amide bonds. The van der Waals surface area contributed by atoms with E-state index in [-0.39, 0.29) is 12.6 Å². The molecule has 0 aliphatic rings. The highest BCUT2D eigenvalue weighted by Gasteiger charge is 2.09. The molecule has 0 radical (unpaired) electrons. The number of hydrogen-bond acceptors (Lipinski definition) is 5. The van der Waals surface area contributed by atoms with Crippen molar-refractivity contribution in [3.8, 4) is 0 Å². The number of nitrogens with zero attached hydrogens (tertiary/aromatic N) is 3. The van der Waals surface area contributed by atoms with E-state index in [9.17, 15) is 0 Å². The summed E-state index contributed by atoms with van der Waals surface area (Å²) in [6.45, 7) is 2.17. The summed E-state index contributed by atoms with van der Waals surface area (Å²) in [5.41, 5.74) is 7.96. The van der Waals surface area contributed by atoms with Crippen LogP contribution in [-0.2, 0) is 0 Å². The van der Waals surface area contributed by atoms with Gasteiger partial charge < -0.3 is 15.8 Å². The molecular formula is C14H19N5O. The number of H-pyrrole nitrogens is 1. The highest BCUT2D eigenvalue weighted by Crippen LogP contribution is 2.19. The van der Waals surface area contributed by atoms with Crippen LogP contribution in [0.15, 0.2) is 29.8 Å². The van der Waals surface area contributed by atoms with Gasteiger partial charge in [0.1, 0.15) is 12.0 Å². The van der Waals surface area contributed by atoms with E-state index in [1.807, 2.05) is 19.2 Å². The third kappa shape index (κ3) is 3.03. The summed E-state index contributed by atoms with van der Waals surface area (Å²) < 4.78 is 0. The number of hydrogen-bond donors (Lipinski definition) is 3. The number of nitrogens with two attached hydrogens (primary N) is 1. The molecule has 0 spiro atoms. The Bertz CT molecular complexity index is 617. The minimum atomic E-state index is 0.0958. The number of aliphatic hydroxyl groups excluding tert-OH is 1. The maximum Gasteiger partial charge on any atom is 0.141 e. The molecule has 0 saturated heterocycles. The van der Waals surface area contributed by atoms with Gasteiger partial charge in [-0.25, -0.2) is 9.97 Å². The van der Waals surface area contributed by atoms with Crippen molar-refractivity contribution in [3.05, 3.63) is 30.5 Å². The lowest BCUT2D eigenvalue weighted by atomic mass is 10.1. The lowest BCUT2D eigenvalue weighted by molar-refractivity contribution is 0.275. The second kappa shape index (κ2) is 6.81. The van der Waals surface area contributed by atoms with Crippen molar-refractivity contribution in [2.45, 2.75) is 25.8 Å². The van der Waals surface area contributed by atoms with E-state index in [4.69, 9.17) is 10.8 Å². The average Bonchev–Trinajstić information content (AvgIpc) is 2.95. The maximum atomic E-state index is 8.98. The number of fused-ring (bicyclic) bond motifs is 1. The van der Waals surface area contributed by atoms with Gasteiger partial charge in [0.25, 0.3) is 0 Å². The predicted molar refractivity (Wildman–Crippen MR) is 80.3 cm³/mol. The van der Waals surface area contributed by atoms with Crippen LogP contribution in [0.4, 0.5) is 0 Å². The molecule has 2 rings (SSSR count). The first-order valence-corrected chi connectivity index (χ1v) is 6.64. The zero-order valence-corrected chi connectivity index (χ0v) is 11.5. The molecule has 1 atom stereocenters. The number of aromatic nitrogens is 3. The topological polar surface area (TPSA) is 100 Å². The van der Waals surface area contributed by atoms with Gasteiger partial charge in [-0.2, -0.15) is 0 Å². The summed E-state index contributed by atoms with van der Waals surface area (Å²) in [5.74, 6) is 0. The van der Waals surface area contributed by atoms with Crippen molar-refractivity contribution >= 4 is 22.8 Å². The van der Waals surface area contributed by atoms with Crippen LogP contribution in [0.1, 0.15) is 25.5 Å². The second-order valence-corrected chi connectivity index (χ2v) is 4.44. The third-order valence-corrected chi connectivity index (χ3v) is 3.16. The van der Waals surface area contributed by atoms with Crippen molar-refractivity contribution in [1.82, 2.24) is 15.0 Å². The van der Waals surface area contributed by atoms with Gasteiger partial charge >= 0.3 is 0 Å². The number of aliphatic hydroxyl groups is 1. The fourth-order valence-corrected chi connectivity index (χ4v) is 2.00. The first kappa shape index (κ1) is 14.2. The number of allylic oxidation sites excluding steroid dienone is 1. The second-order valence-electron chi connectivity index (χ2n) is 4.44. The van der Waals surface area contributed by atoms with Gasteiger partial charge in [0.2, 0.25) is 0 Å². The van der Waals surface area contributed by atoms with Gasteiger partial charge in [-0.1, -0.05) is 6.92 Å². The van der Waals surface area contributed by atoms with Crippen molar-refractivity contribution in [1.29, 1.82) is 0 Å². The van der Waals surface area contributed by atoms with Gasteiger partial charge in [0.15, 0.2) is 0 Å². The molecule has 4 N–H and O–H groups in total. The van der Waals surface area contributed by atoms with E-state index in [2.05, 4.69) is 19.9 Å². The van der Waals surface area contributed by atoms with Crippen LogP contribution in [-0.4, -0.2) is 38.9 Å². The first-order chi connectivity index (χ1) is 9.80. The van der Waals surface area contributed by atoms with Crippen LogP contribution in [0.25, 0.3) is 16.6 Å². The Kier molecular flexibility index (Phi) is 4.84. The standard InChI is InChI=1S/C14H19N5O/c1-2-11(4-6-20)17-8-10(7-15)13-12-3-5-16-14(12)19-9-18-13/h3,5,7-9,11,20H,2,4,6,15H2,1H3,(H,16,18,19). The molecule has 0 aromatic carbocycles. The van der Waals surface area contributed by atoms with Gasteiger partial charge in [0.05, 0.1) is 11.7 Å². The molecule has 106 valence electrons. The van der Waals surface area contributed by atoms with E-state index in [1.165, 1.54) is 12.5 Å². The molecule has 20 heavy (non-hydrogen) atoms. The summed E-state index contributed by atoms with van der Waals surface area (Å²) in [7, 11) is 0. The Hall–Kier alpha value is -2.21. The summed E-state index contributed by atoms with van der Waals surface area (Å²) in [6, 6.07) is 2.01. The number of nitrogens with one attached hydrogen (secondary N) is 1. The zero-order valence-electron chi connectivity index (χ0n) is 11.5. The van der Waals surface area contributed by atoms with Crippen LogP contribution >= 0.6 is 0 Å². The number of rotatable bonds is 6. The molecule has 0 bridgehead atoms. The molecule has 1 unspecified atom stereocenters. The van der Waals surface area contributed by atoms with E-state index < -0.39 is 0 Å². The maximum absolute atomic E-state index is 8.98. The summed E-state index contributed by atoms with van der Waals surface area (Å²) in [5, 5.41) is 9.89. The molecular weight excluding hydrogens is 254 g/mol.